The number of nitrogens with one attached hydrogen (secondary N) is 1. The summed E-state index contributed by atoms with van der Waals surface area (Å²) in [7, 11) is 3.57. The Kier molecular flexibility index (Phi) is 7.69. The Balaban J connectivity index is 2.16. The molecule has 0 radical (unpaired) electrons. The van der Waals surface area contributed by atoms with E-state index in [1.165, 1.54) is 5.56 Å². The molecule has 0 fully saturated rings. The number of ether oxygens (including phenoxy) is 1. The number of anilines is 1. The van der Waals surface area contributed by atoms with E-state index in [9.17, 15) is 4.79 Å². The molecule has 0 unspecified atom stereocenters. The highest BCUT2D eigenvalue weighted by atomic mass is 16.5. The lowest BCUT2D eigenvalue weighted by atomic mass is 10.1. The van der Waals surface area contributed by atoms with Crippen molar-refractivity contribution in [1.29, 1.82) is 0 Å². The Hall–Kier alpha value is -1.59. The van der Waals surface area contributed by atoms with Gasteiger partial charge in [-0.3, -0.25) is 9.69 Å². The number of carbonyl (C=O) groups is 1. The van der Waals surface area contributed by atoms with Crippen molar-refractivity contribution in [1.82, 2.24) is 10.2 Å². The number of nitrogens with zero attached hydrogens (tertiary/aromatic N) is 1. The van der Waals surface area contributed by atoms with Crippen LogP contribution in [0.4, 0.5) is 5.69 Å². The van der Waals surface area contributed by atoms with E-state index in [2.05, 4.69) is 11.4 Å². The number of benzene rings is 1. The average Bonchev–Trinajstić information content (AvgIpc) is 2.39. The summed E-state index contributed by atoms with van der Waals surface area (Å²) in [5.74, 6) is 0.0357. The molecular formula is C15H25N3O2. The third-order valence-corrected chi connectivity index (χ3v) is 3.00. The summed E-state index contributed by atoms with van der Waals surface area (Å²) < 4.78 is 4.88. The number of aryl methyl sites for hydroxylation is 1. The van der Waals surface area contributed by atoms with Gasteiger partial charge in [-0.25, -0.2) is 0 Å². The molecule has 0 spiro atoms. The molecule has 112 valence electrons. The van der Waals surface area contributed by atoms with Gasteiger partial charge in [0.1, 0.15) is 0 Å². The fourth-order valence-electron chi connectivity index (χ4n) is 1.97. The number of hydrogen-bond donors (Lipinski definition) is 2. The van der Waals surface area contributed by atoms with E-state index in [1.807, 2.05) is 30.1 Å². The number of rotatable bonds is 9. The van der Waals surface area contributed by atoms with Crippen LogP contribution in [0.2, 0.25) is 0 Å². The Morgan fingerprint density at radius 2 is 2.25 bits per heavy atom. The topological polar surface area (TPSA) is 67.6 Å². The molecule has 5 heteroatoms. The van der Waals surface area contributed by atoms with Crippen LogP contribution in [0, 0.1) is 0 Å². The van der Waals surface area contributed by atoms with E-state index in [1.54, 1.807) is 7.11 Å². The fraction of sp³-hybridized carbons (Fsp3) is 0.533. The van der Waals surface area contributed by atoms with Gasteiger partial charge in [0.2, 0.25) is 5.91 Å². The number of nitrogens with two attached hydrogens (primary N) is 1. The molecule has 0 aliphatic carbocycles. The van der Waals surface area contributed by atoms with Gasteiger partial charge in [-0.2, -0.15) is 0 Å². The number of nitrogen functional groups attached to an aromatic ring is 1. The van der Waals surface area contributed by atoms with Crippen LogP contribution in [0.15, 0.2) is 24.3 Å². The Bertz CT molecular complexity index is 410. The van der Waals surface area contributed by atoms with Crippen LogP contribution in [0.25, 0.3) is 0 Å². The van der Waals surface area contributed by atoms with Gasteiger partial charge in [0, 0.05) is 19.3 Å². The standard InChI is InChI=1S/C15H25N3O2/c1-18(12-15(19)17-8-10-20-2)9-4-6-13-5-3-7-14(16)11-13/h3,5,7,11H,4,6,8-10,12,16H2,1-2H3,(H,17,19). The second-order valence-electron chi connectivity index (χ2n) is 4.93. The summed E-state index contributed by atoms with van der Waals surface area (Å²) in [5, 5.41) is 2.81. The normalized spacial score (nSPS) is 10.8. The number of carbonyl (C=O) groups excluding carboxylic acids is 1. The molecule has 0 heterocycles. The minimum Gasteiger partial charge on any atom is -0.399 e. The third kappa shape index (κ3) is 7.11. The van der Waals surface area contributed by atoms with Gasteiger partial charge in [-0.05, 0) is 44.1 Å². The van der Waals surface area contributed by atoms with Crippen LogP contribution in [-0.4, -0.2) is 51.2 Å². The van der Waals surface area contributed by atoms with Crippen molar-refractivity contribution in [2.75, 3.05) is 46.1 Å². The molecular weight excluding hydrogens is 254 g/mol. The van der Waals surface area contributed by atoms with Gasteiger partial charge in [-0.15, -0.1) is 0 Å². The summed E-state index contributed by atoms with van der Waals surface area (Å²) in [4.78, 5) is 13.6. The Morgan fingerprint density at radius 1 is 1.45 bits per heavy atom. The number of amides is 1. The van der Waals surface area contributed by atoms with Gasteiger partial charge in [-0.1, -0.05) is 12.1 Å². The first-order valence-corrected chi connectivity index (χ1v) is 6.90. The van der Waals surface area contributed by atoms with E-state index in [-0.39, 0.29) is 5.91 Å². The first-order chi connectivity index (χ1) is 9.61. The molecule has 0 aliphatic rings. The molecule has 5 nitrogen and oxygen atoms in total. The SMILES string of the molecule is COCCNC(=O)CN(C)CCCc1cccc(N)c1. The third-order valence-electron chi connectivity index (χ3n) is 3.00. The molecule has 1 aromatic rings. The Labute approximate surface area is 121 Å². The zero-order valence-electron chi connectivity index (χ0n) is 12.4. The first-order valence-electron chi connectivity index (χ1n) is 6.90. The monoisotopic (exact) mass is 279 g/mol. The summed E-state index contributed by atoms with van der Waals surface area (Å²) in [6, 6.07) is 7.93. The zero-order valence-corrected chi connectivity index (χ0v) is 12.4. The van der Waals surface area contributed by atoms with E-state index in [4.69, 9.17) is 10.5 Å². The summed E-state index contributed by atoms with van der Waals surface area (Å²) in [5.41, 5.74) is 7.78. The average molecular weight is 279 g/mol. The van der Waals surface area contributed by atoms with Crippen molar-refractivity contribution in [3.63, 3.8) is 0 Å². The Morgan fingerprint density at radius 3 is 2.95 bits per heavy atom. The number of likely N-dealkylation sites (N-methyl/N-ethyl adjacent to an activating group) is 1. The van der Waals surface area contributed by atoms with Crippen molar-refractivity contribution in [2.45, 2.75) is 12.8 Å². The van der Waals surface area contributed by atoms with Crippen LogP contribution in [-0.2, 0) is 16.0 Å². The van der Waals surface area contributed by atoms with E-state index < -0.39 is 0 Å². The maximum Gasteiger partial charge on any atom is 0.234 e. The second-order valence-corrected chi connectivity index (χ2v) is 4.93. The number of hydrogen-bond acceptors (Lipinski definition) is 4. The highest BCUT2D eigenvalue weighted by Gasteiger charge is 2.05. The van der Waals surface area contributed by atoms with Crippen LogP contribution in [0.3, 0.4) is 0 Å². The van der Waals surface area contributed by atoms with Gasteiger partial charge >= 0.3 is 0 Å². The second kappa shape index (κ2) is 9.34. The highest BCUT2D eigenvalue weighted by Crippen LogP contribution is 2.08. The van der Waals surface area contributed by atoms with Crippen LogP contribution < -0.4 is 11.1 Å². The largest absolute Gasteiger partial charge is 0.399 e. The predicted molar refractivity (Wildman–Crippen MR) is 81.6 cm³/mol. The predicted octanol–water partition coefficient (Wildman–Crippen LogP) is 0.896. The zero-order chi connectivity index (χ0) is 14.8. The van der Waals surface area contributed by atoms with Crippen molar-refractivity contribution < 1.29 is 9.53 Å². The van der Waals surface area contributed by atoms with Crippen LogP contribution in [0.5, 0.6) is 0 Å². The molecule has 0 saturated carbocycles. The lowest BCUT2D eigenvalue weighted by Crippen LogP contribution is -2.37. The molecule has 0 aliphatic heterocycles. The molecule has 0 saturated heterocycles. The lowest BCUT2D eigenvalue weighted by Gasteiger charge is -2.16. The lowest BCUT2D eigenvalue weighted by molar-refractivity contribution is -0.122. The van der Waals surface area contributed by atoms with Crippen molar-refractivity contribution in [3.8, 4) is 0 Å². The molecule has 0 aromatic heterocycles. The minimum absolute atomic E-state index is 0.0357. The maximum atomic E-state index is 11.6. The van der Waals surface area contributed by atoms with Crippen molar-refractivity contribution in [2.24, 2.45) is 0 Å². The molecule has 1 rings (SSSR count). The quantitative estimate of drug-likeness (QED) is 0.520. The van der Waals surface area contributed by atoms with Gasteiger partial charge in [0.25, 0.3) is 0 Å². The molecule has 3 N–H and O–H groups in total. The maximum absolute atomic E-state index is 11.6. The molecule has 1 aromatic carbocycles. The van der Waals surface area contributed by atoms with Crippen molar-refractivity contribution in [3.05, 3.63) is 29.8 Å². The minimum atomic E-state index is 0.0357. The van der Waals surface area contributed by atoms with E-state index in [0.717, 1.165) is 25.1 Å². The number of methoxy groups -OCH3 is 1. The van der Waals surface area contributed by atoms with Crippen LogP contribution >= 0.6 is 0 Å². The highest BCUT2D eigenvalue weighted by molar-refractivity contribution is 5.77. The summed E-state index contributed by atoms with van der Waals surface area (Å²) in [6.45, 7) is 2.41. The molecule has 0 atom stereocenters. The van der Waals surface area contributed by atoms with Crippen LogP contribution in [0.1, 0.15) is 12.0 Å². The van der Waals surface area contributed by atoms with E-state index >= 15 is 0 Å². The van der Waals surface area contributed by atoms with E-state index in [0.29, 0.717) is 19.7 Å². The first kappa shape index (κ1) is 16.5. The molecule has 1 amide bonds. The van der Waals surface area contributed by atoms with Gasteiger partial charge in [0.15, 0.2) is 0 Å². The van der Waals surface area contributed by atoms with Gasteiger partial charge in [0.05, 0.1) is 13.2 Å². The smallest absolute Gasteiger partial charge is 0.234 e. The van der Waals surface area contributed by atoms with Gasteiger partial charge < -0.3 is 15.8 Å². The summed E-state index contributed by atoms with van der Waals surface area (Å²) >= 11 is 0. The summed E-state index contributed by atoms with van der Waals surface area (Å²) in [6.07, 6.45) is 1.98. The van der Waals surface area contributed by atoms with Crippen molar-refractivity contribution >= 4 is 11.6 Å². The fourth-order valence-corrected chi connectivity index (χ4v) is 1.97. The molecule has 0 bridgehead atoms. The molecule has 20 heavy (non-hydrogen) atoms.